The average molecular weight is 301 g/mol. The molecule has 0 atom stereocenters. The molecule has 0 fully saturated rings. The minimum absolute atomic E-state index is 0.0363. The van der Waals surface area contributed by atoms with Gasteiger partial charge in [0.15, 0.2) is 0 Å². The van der Waals surface area contributed by atoms with Crippen molar-refractivity contribution in [3.05, 3.63) is 47.5 Å². The van der Waals surface area contributed by atoms with E-state index in [4.69, 9.17) is 27.9 Å². The van der Waals surface area contributed by atoms with E-state index in [1.54, 1.807) is 12.1 Å². The molecule has 0 unspecified atom stereocenters. The topological polar surface area (TPSA) is 60.4 Å². The summed E-state index contributed by atoms with van der Waals surface area (Å²) in [6, 6.07) is 4.59. The van der Waals surface area contributed by atoms with Crippen LogP contribution in [-0.2, 0) is 16.0 Å². The highest BCUT2D eigenvalue weighted by Gasteiger charge is 2.18. The Bertz CT molecular complexity index is 537. The molecular formula is C13H10Cl2O4. The summed E-state index contributed by atoms with van der Waals surface area (Å²) >= 11 is 10.8. The fraction of sp³-hybridized carbons (Fsp3) is 0.154. The van der Waals surface area contributed by atoms with Gasteiger partial charge in [0.05, 0.1) is 6.61 Å². The van der Waals surface area contributed by atoms with Gasteiger partial charge in [-0.05, 0) is 34.8 Å². The molecule has 0 aliphatic heterocycles. The number of carbonyl (C=O) groups is 3. The predicted molar refractivity (Wildman–Crippen MR) is 71.7 cm³/mol. The van der Waals surface area contributed by atoms with Crippen LogP contribution in [0.25, 0.3) is 0 Å². The Balaban J connectivity index is 2.97. The second-order valence-corrected chi connectivity index (χ2v) is 4.20. The molecule has 0 aliphatic carbocycles. The minimum Gasteiger partial charge on any atom is -0.462 e. The monoisotopic (exact) mass is 300 g/mol. The van der Waals surface area contributed by atoms with Gasteiger partial charge in [-0.2, -0.15) is 0 Å². The first-order valence-corrected chi connectivity index (χ1v) is 6.03. The molecule has 0 saturated carbocycles. The van der Waals surface area contributed by atoms with Gasteiger partial charge in [-0.3, -0.25) is 9.59 Å². The van der Waals surface area contributed by atoms with Gasteiger partial charge < -0.3 is 4.74 Å². The molecule has 0 saturated heterocycles. The van der Waals surface area contributed by atoms with Crippen LogP contribution in [0.2, 0.25) is 0 Å². The first-order chi connectivity index (χ1) is 8.97. The van der Waals surface area contributed by atoms with Crippen LogP contribution in [-0.4, -0.2) is 23.1 Å². The van der Waals surface area contributed by atoms with Crippen LogP contribution in [0.15, 0.2) is 30.9 Å². The lowest BCUT2D eigenvalue weighted by molar-refractivity contribution is -0.137. The van der Waals surface area contributed by atoms with Gasteiger partial charge in [0.2, 0.25) is 0 Å². The van der Waals surface area contributed by atoms with Gasteiger partial charge in [0.1, 0.15) is 0 Å². The maximum absolute atomic E-state index is 11.4. The molecule has 0 bridgehead atoms. The Labute approximate surface area is 120 Å². The Hall–Kier alpha value is -1.65. The normalized spacial score (nSPS) is 9.79. The van der Waals surface area contributed by atoms with Gasteiger partial charge >= 0.3 is 5.97 Å². The highest BCUT2D eigenvalue weighted by Crippen LogP contribution is 2.20. The summed E-state index contributed by atoms with van der Waals surface area (Å²) in [5, 5.41) is -1.55. The van der Waals surface area contributed by atoms with E-state index in [1.807, 2.05) is 0 Å². The predicted octanol–water partition coefficient (Wildman–Crippen LogP) is 2.72. The molecule has 0 radical (unpaired) electrons. The summed E-state index contributed by atoms with van der Waals surface area (Å²) in [6.45, 7) is 3.30. The number of benzene rings is 1. The summed E-state index contributed by atoms with van der Waals surface area (Å²) < 4.78 is 4.80. The maximum Gasteiger partial charge on any atom is 0.330 e. The molecule has 0 N–H and O–H groups in total. The number of carbonyl (C=O) groups excluding carboxylic acids is 3. The zero-order valence-electron chi connectivity index (χ0n) is 9.82. The lowest BCUT2D eigenvalue weighted by Gasteiger charge is -2.09. The minimum atomic E-state index is -0.783. The number of halogens is 2. The van der Waals surface area contributed by atoms with E-state index in [1.165, 1.54) is 6.07 Å². The Morgan fingerprint density at radius 2 is 1.89 bits per heavy atom. The van der Waals surface area contributed by atoms with Crippen molar-refractivity contribution in [3.8, 4) is 0 Å². The van der Waals surface area contributed by atoms with Crippen molar-refractivity contribution in [1.82, 2.24) is 0 Å². The van der Waals surface area contributed by atoms with Gasteiger partial charge in [-0.25, -0.2) is 4.79 Å². The van der Waals surface area contributed by atoms with Crippen LogP contribution in [0.5, 0.6) is 0 Å². The van der Waals surface area contributed by atoms with Gasteiger partial charge in [-0.1, -0.05) is 18.7 Å². The van der Waals surface area contributed by atoms with E-state index < -0.39 is 16.5 Å². The van der Waals surface area contributed by atoms with E-state index >= 15 is 0 Å². The number of hydrogen-bond donors (Lipinski definition) is 0. The van der Waals surface area contributed by atoms with Crippen molar-refractivity contribution in [1.29, 1.82) is 0 Å². The number of hydrogen-bond acceptors (Lipinski definition) is 4. The van der Waals surface area contributed by atoms with E-state index in [9.17, 15) is 14.4 Å². The lowest BCUT2D eigenvalue weighted by Crippen LogP contribution is -2.10. The molecule has 100 valence electrons. The van der Waals surface area contributed by atoms with Crippen molar-refractivity contribution < 1.29 is 19.1 Å². The van der Waals surface area contributed by atoms with Crippen LogP contribution >= 0.6 is 23.2 Å². The van der Waals surface area contributed by atoms with Gasteiger partial charge in [-0.15, -0.1) is 0 Å². The fourth-order valence-corrected chi connectivity index (χ4v) is 1.91. The molecule has 4 nitrogen and oxygen atoms in total. The Morgan fingerprint density at radius 3 is 2.42 bits per heavy atom. The van der Waals surface area contributed by atoms with Crippen molar-refractivity contribution in [3.63, 3.8) is 0 Å². The highest BCUT2D eigenvalue weighted by molar-refractivity contribution is 6.72. The van der Waals surface area contributed by atoms with Crippen LogP contribution < -0.4 is 0 Å². The third-order valence-corrected chi connectivity index (χ3v) is 2.73. The lowest BCUT2D eigenvalue weighted by atomic mass is 10.0. The van der Waals surface area contributed by atoms with Crippen LogP contribution in [0.1, 0.15) is 26.3 Å². The van der Waals surface area contributed by atoms with Crippen molar-refractivity contribution >= 4 is 39.7 Å². The quantitative estimate of drug-likeness (QED) is 0.460. The van der Waals surface area contributed by atoms with Crippen molar-refractivity contribution in [2.75, 3.05) is 6.61 Å². The first kappa shape index (κ1) is 15.4. The third-order valence-electron chi connectivity index (χ3n) is 2.34. The Kier molecular flexibility index (Phi) is 5.73. The SMILES string of the molecule is C=CC(=O)OCCc1cccc(C(=O)Cl)c1C(=O)Cl. The molecule has 1 rings (SSSR count). The first-order valence-electron chi connectivity index (χ1n) is 5.28. The molecular weight excluding hydrogens is 291 g/mol. The van der Waals surface area contributed by atoms with Crippen LogP contribution in [0.4, 0.5) is 0 Å². The smallest absolute Gasteiger partial charge is 0.330 e. The van der Waals surface area contributed by atoms with E-state index in [0.29, 0.717) is 5.56 Å². The van der Waals surface area contributed by atoms with E-state index in [-0.39, 0.29) is 24.2 Å². The number of ether oxygens (including phenoxy) is 1. The van der Waals surface area contributed by atoms with Crippen molar-refractivity contribution in [2.24, 2.45) is 0 Å². The van der Waals surface area contributed by atoms with Crippen LogP contribution in [0, 0.1) is 0 Å². The summed E-state index contributed by atoms with van der Waals surface area (Å²) in [7, 11) is 0. The molecule has 1 aromatic carbocycles. The van der Waals surface area contributed by atoms with Crippen LogP contribution in [0.3, 0.4) is 0 Å². The zero-order chi connectivity index (χ0) is 14.4. The largest absolute Gasteiger partial charge is 0.462 e. The molecule has 0 amide bonds. The summed E-state index contributed by atoms with van der Waals surface area (Å²) in [4.78, 5) is 33.5. The van der Waals surface area contributed by atoms with E-state index in [0.717, 1.165) is 6.08 Å². The standard InChI is InChI=1S/C13H10Cl2O4/c1-2-10(16)19-7-6-8-4-3-5-9(12(14)17)11(8)13(15)18/h2-5H,1,6-7H2. The van der Waals surface area contributed by atoms with Gasteiger partial charge in [0.25, 0.3) is 10.5 Å². The number of rotatable bonds is 6. The van der Waals surface area contributed by atoms with Gasteiger partial charge in [0, 0.05) is 23.6 Å². The molecule has 0 aromatic heterocycles. The highest BCUT2D eigenvalue weighted by atomic mass is 35.5. The summed E-state index contributed by atoms with van der Waals surface area (Å²) in [5.41, 5.74) is 0.566. The molecule has 1 aromatic rings. The average Bonchev–Trinajstić information content (AvgIpc) is 2.37. The summed E-state index contributed by atoms with van der Waals surface area (Å²) in [5.74, 6) is -0.566. The molecule has 0 heterocycles. The molecule has 0 aliphatic rings. The zero-order valence-corrected chi connectivity index (χ0v) is 11.3. The van der Waals surface area contributed by atoms with Crippen molar-refractivity contribution in [2.45, 2.75) is 6.42 Å². The fourth-order valence-electron chi connectivity index (χ4n) is 1.52. The second-order valence-electron chi connectivity index (χ2n) is 3.51. The summed E-state index contributed by atoms with van der Waals surface area (Å²) in [6.07, 6.45) is 1.28. The molecule has 6 heteroatoms. The Morgan fingerprint density at radius 1 is 1.21 bits per heavy atom. The third kappa shape index (κ3) is 4.19. The maximum atomic E-state index is 11.4. The molecule has 19 heavy (non-hydrogen) atoms. The van der Waals surface area contributed by atoms with E-state index in [2.05, 4.69) is 6.58 Å². The second kappa shape index (κ2) is 7.07. The number of esters is 1. The molecule has 0 spiro atoms.